The van der Waals surface area contributed by atoms with Crippen molar-refractivity contribution in [2.45, 2.75) is 26.3 Å². The molecule has 1 aromatic rings. The summed E-state index contributed by atoms with van der Waals surface area (Å²) < 4.78 is 4.82. The van der Waals surface area contributed by atoms with Crippen molar-refractivity contribution in [3.8, 4) is 0 Å². The van der Waals surface area contributed by atoms with Gasteiger partial charge in [0.15, 0.2) is 5.76 Å². The number of nitrogens with one attached hydrogen (secondary N) is 1. The average Bonchev–Trinajstić information content (AvgIpc) is 2.76. The second-order valence-corrected chi connectivity index (χ2v) is 4.40. The number of hydrogen-bond donors (Lipinski definition) is 2. The van der Waals surface area contributed by atoms with Gasteiger partial charge in [-0.25, -0.2) is 5.43 Å². The predicted molar refractivity (Wildman–Crippen MR) is 68.5 cm³/mol. The van der Waals surface area contributed by atoms with E-state index in [-0.39, 0.29) is 11.6 Å². The van der Waals surface area contributed by atoms with Gasteiger partial charge < -0.3 is 10.2 Å². The number of rotatable bonds is 6. The summed E-state index contributed by atoms with van der Waals surface area (Å²) in [6.45, 7) is 3.91. The Morgan fingerprint density at radius 3 is 2.84 bits per heavy atom. The molecule has 1 atom stereocenters. The topological polar surface area (TPSA) is 124 Å². The summed E-state index contributed by atoms with van der Waals surface area (Å²) in [6, 6.07) is 1.94. The molecule has 3 N–H and O–H groups in total. The molecular weight excluding hydrogens is 252 g/mol. The summed E-state index contributed by atoms with van der Waals surface area (Å²) in [5, 5.41) is 14.0. The monoisotopic (exact) mass is 268 g/mol. The summed E-state index contributed by atoms with van der Waals surface area (Å²) in [7, 11) is 0. The summed E-state index contributed by atoms with van der Waals surface area (Å²) in [6.07, 6.45) is 1.72. The Kier molecular flexibility index (Phi) is 5.19. The lowest BCUT2D eigenvalue weighted by atomic mass is 10.0. The number of nitrogens with two attached hydrogens (primary N) is 1. The normalized spacial score (nSPS) is 12.8. The van der Waals surface area contributed by atoms with Gasteiger partial charge in [0.25, 0.3) is 5.91 Å². The van der Waals surface area contributed by atoms with Gasteiger partial charge in [-0.05, 0) is 18.4 Å². The van der Waals surface area contributed by atoms with E-state index in [9.17, 15) is 14.9 Å². The van der Waals surface area contributed by atoms with Gasteiger partial charge >= 0.3 is 5.88 Å². The SMILES string of the molecule is CC(C)CC(N)C(=O)N/N=C/c1ccc([N+](=O)[O-])o1. The number of amides is 1. The molecule has 0 aliphatic carbocycles. The molecule has 104 valence electrons. The highest BCUT2D eigenvalue weighted by molar-refractivity contribution is 5.83. The lowest BCUT2D eigenvalue weighted by molar-refractivity contribution is -0.402. The minimum Gasteiger partial charge on any atom is -0.400 e. The van der Waals surface area contributed by atoms with Gasteiger partial charge in [0.1, 0.15) is 4.92 Å². The predicted octanol–water partition coefficient (Wildman–Crippen LogP) is 1.01. The molecule has 1 rings (SSSR count). The standard InChI is InChI=1S/C11H16N4O4/c1-7(2)5-9(12)11(16)14-13-6-8-3-4-10(19-8)15(17)18/h3-4,6-7,9H,5,12H2,1-2H3,(H,14,16)/b13-6+. The van der Waals surface area contributed by atoms with Crippen LogP contribution in [0.15, 0.2) is 21.7 Å². The van der Waals surface area contributed by atoms with Gasteiger partial charge in [-0.2, -0.15) is 5.10 Å². The van der Waals surface area contributed by atoms with Crippen molar-refractivity contribution in [3.05, 3.63) is 28.0 Å². The maximum absolute atomic E-state index is 11.5. The molecule has 0 spiro atoms. The maximum atomic E-state index is 11.5. The molecule has 0 aliphatic heterocycles. The van der Waals surface area contributed by atoms with Crippen molar-refractivity contribution in [2.24, 2.45) is 16.8 Å². The van der Waals surface area contributed by atoms with E-state index in [4.69, 9.17) is 10.2 Å². The highest BCUT2D eigenvalue weighted by Gasteiger charge is 2.14. The van der Waals surface area contributed by atoms with Crippen LogP contribution in [0.2, 0.25) is 0 Å². The molecule has 1 amide bonds. The van der Waals surface area contributed by atoms with Crippen LogP contribution in [0.4, 0.5) is 5.88 Å². The van der Waals surface area contributed by atoms with Crippen molar-refractivity contribution >= 4 is 18.0 Å². The van der Waals surface area contributed by atoms with Crippen LogP contribution >= 0.6 is 0 Å². The van der Waals surface area contributed by atoms with Crippen molar-refractivity contribution in [2.75, 3.05) is 0 Å². The Balaban J connectivity index is 2.48. The summed E-state index contributed by atoms with van der Waals surface area (Å²) >= 11 is 0. The minimum absolute atomic E-state index is 0.171. The molecule has 1 heterocycles. The number of furan rings is 1. The molecule has 0 aliphatic rings. The molecule has 0 aromatic carbocycles. The third-order valence-electron chi connectivity index (χ3n) is 2.22. The van der Waals surface area contributed by atoms with Gasteiger partial charge in [-0.1, -0.05) is 13.8 Å². The largest absolute Gasteiger partial charge is 0.433 e. The Morgan fingerprint density at radius 2 is 2.32 bits per heavy atom. The fourth-order valence-electron chi connectivity index (χ4n) is 1.37. The van der Waals surface area contributed by atoms with Crippen LogP contribution in [0.3, 0.4) is 0 Å². The molecule has 1 aromatic heterocycles. The molecule has 0 fully saturated rings. The highest BCUT2D eigenvalue weighted by atomic mass is 16.6. The van der Waals surface area contributed by atoms with Gasteiger partial charge in [0, 0.05) is 0 Å². The van der Waals surface area contributed by atoms with Crippen LogP contribution in [-0.4, -0.2) is 23.1 Å². The van der Waals surface area contributed by atoms with Crippen LogP contribution in [0.25, 0.3) is 0 Å². The van der Waals surface area contributed by atoms with Gasteiger partial charge in [-0.3, -0.25) is 14.9 Å². The fraction of sp³-hybridized carbons (Fsp3) is 0.455. The molecular formula is C11H16N4O4. The summed E-state index contributed by atoms with van der Waals surface area (Å²) in [5.41, 5.74) is 7.89. The van der Waals surface area contributed by atoms with Crippen molar-refractivity contribution in [3.63, 3.8) is 0 Å². The van der Waals surface area contributed by atoms with E-state index < -0.39 is 16.9 Å². The second kappa shape index (κ2) is 6.64. The first-order chi connectivity index (χ1) is 8.90. The third-order valence-corrected chi connectivity index (χ3v) is 2.22. The zero-order chi connectivity index (χ0) is 14.4. The first kappa shape index (κ1) is 14.8. The number of nitrogens with zero attached hydrogens (tertiary/aromatic N) is 2. The highest BCUT2D eigenvalue weighted by Crippen LogP contribution is 2.13. The zero-order valence-electron chi connectivity index (χ0n) is 10.7. The lowest BCUT2D eigenvalue weighted by Crippen LogP contribution is -2.39. The zero-order valence-corrected chi connectivity index (χ0v) is 10.7. The maximum Gasteiger partial charge on any atom is 0.433 e. The Bertz CT molecular complexity index is 481. The minimum atomic E-state index is -0.658. The molecule has 19 heavy (non-hydrogen) atoms. The number of nitro groups is 1. The smallest absolute Gasteiger partial charge is 0.400 e. The quantitative estimate of drug-likeness (QED) is 0.452. The Morgan fingerprint density at radius 1 is 1.63 bits per heavy atom. The second-order valence-electron chi connectivity index (χ2n) is 4.40. The number of carbonyl (C=O) groups excluding carboxylic acids is 1. The van der Waals surface area contributed by atoms with E-state index in [1.54, 1.807) is 0 Å². The van der Waals surface area contributed by atoms with Crippen molar-refractivity contribution in [1.29, 1.82) is 0 Å². The molecule has 1 unspecified atom stereocenters. The van der Waals surface area contributed by atoms with E-state index in [2.05, 4.69) is 10.5 Å². The van der Waals surface area contributed by atoms with E-state index >= 15 is 0 Å². The summed E-state index contributed by atoms with van der Waals surface area (Å²) in [4.78, 5) is 21.2. The lowest BCUT2D eigenvalue weighted by Gasteiger charge is -2.11. The van der Waals surface area contributed by atoms with Gasteiger partial charge in [0.05, 0.1) is 18.3 Å². The summed E-state index contributed by atoms with van der Waals surface area (Å²) in [5.74, 6) is -0.322. The average molecular weight is 268 g/mol. The molecule has 0 saturated heterocycles. The molecule has 8 nitrogen and oxygen atoms in total. The molecule has 0 saturated carbocycles. The fourth-order valence-corrected chi connectivity index (χ4v) is 1.37. The molecule has 0 bridgehead atoms. The third kappa shape index (κ3) is 4.88. The molecule has 8 heteroatoms. The van der Waals surface area contributed by atoms with Crippen LogP contribution in [-0.2, 0) is 4.79 Å². The van der Waals surface area contributed by atoms with Crippen LogP contribution in [0, 0.1) is 16.0 Å². The Hall–Kier alpha value is -2.22. The van der Waals surface area contributed by atoms with Crippen LogP contribution in [0.5, 0.6) is 0 Å². The number of hydrazone groups is 1. The molecule has 0 radical (unpaired) electrons. The van der Waals surface area contributed by atoms with Crippen LogP contribution < -0.4 is 11.2 Å². The first-order valence-corrected chi connectivity index (χ1v) is 5.73. The Labute approximate surface area is 109 Å². The number of hydrogen-bond acceptors (Lipinski definition) is 6. The van der Waals surface area contributed by atoms with E-state index in [1.165, 1.54) is 18.3 Å². The number of carbonyl (C=O) groups is 1. The van der Waals surface area contributed by atoms with Crippen molar-refractivity contribution in [1.82, 2.24) is 5.43 Å². The van der Waals surface area contributed by atoms with Gasteiger partial charge in [0.2, 0.25) is 0 Å². The van der Waals surface area contributed by atoms with E-state index in [0.717, 1.165) is 0 Å². The van der Waals surface area contributed by atoms with Gasteiger partial charge in [-0.15, -0.1) is 0 Å². The first-order valence-electron chi connectivity index (χ1n) is 5.73. The van der Waals surface area contributed by atoms with Crippen LogP contribution in [0.1, 0.15) is 26.0 Å². The van der Waals surface area contributed by atoms with E-state index in [0.29, 0.717) is 12.3 Å². The van der Waals surface area contributed by atoms with Crippen molar-refractivity contribution < 1.29 is 14.1 Å². The van der Waals surface area contributed by atoms with E-state index in [1.807, 2.05) is 13.8 Å².